The number of nitrogens with zero attached hydrogens (tertiary/aromatic N) is 3. The largest absolute Gasteiger partial charge is 0.377 e. The lowest BCUT2D eigenvalue weighted by atomic mass is 9.96. The second-order valence-corrected chi connectivity index (χ2v) is 12.8. The van der Waals surface area contributed by atoms with Crippen molar-refractivity contribution in [1.29, 1.82) is 0 Å². The van der Waals surface area contributed by atoms with Crippen LogP contribution in [-0.2, 0) is 14.8 Å². The number of hydrazine groups is 1. The quantitative estimate of drug-likeness (QED) is 0.241. The first kappa shape index (κ1) is 31.7. The molecule has 0 saturated heterocycles. The lowest BCUT2D eigenvalue weighted by Crippen LogP contribution is -2.42. The minimum absolute atomic E-state index is 0.342. The summed E-state index contributed by atoms with van der Waals surface area (Å²) in [5.74, 6) is -0.927. The second kappa shape index (κ2) is 13.5. The topological polar surface area (TPSA) is 145 Å². The molecule has 10 nitrogen and oxygen atoms in total. The minimum Gasteiger partial charge on any atom is -0.377 e. The molecule has 45 heavy (non-hydrogen) atoms. The van der Waals surface area contributed by atoms with Crippen molar-refractivity contribution < 1.29 is 22.7 Å². The molecule has 3 aromatic carbocycles. The molecule has 2 aromatic heterocycles. The van der Waals surface area contributed by atoms with Gasteiger partial charge in [0.2, 0.25) is 15.9 Å². The summed E-state index contributed by atoms with van der Waals surface area (Å²) >= 11 is 5.95. The van der Waals surface area contributed by atoms with E-state index < -0.39 is 21.8 Å². The smallest absolute Gasteiger partial charge is 0.266 e. The highest BCUT2D eigenvalue weighted by atomic mass is 35.5. The van der Waals surface area contributed by atoms with Crippen LogP contribution >= 0.6 is 11.6 Å². The number of carbonyl (C=O) groups is 2. The molecular formula is C33H30ClN5O5S. The fourth-order valence-corrected chi connectivity index (χ4v) is 5.17. The normalized spacial score (nSPS) is 13.2. The van der Waals surface area contributed by atoms with Gasteiger partial charge >= 0.3 is 0 Å². The third-order valence-electron chi connectivity index (χ3n) is 7.29. The highest BCUT2D eigenvalue weighted by Crippen LogP contribution is 2.30. The zero-order chi connectivity index (χ0) is 32.1. The van der Waals surface area contributed by atoms with E-state index >= 15 is 0 Å². The molecule has 0 saturated carbocycles. The number of hydrogen-bond donors (Lipinski definition) is 2. The maximum atomic E-state index is 12.4. The number of nitrogens with one attached hydrogen (secondary N) is 1. The van der Waals surface area contributed by atoms with E-state index in [1.807, 2.05) is 30.5 Å². The zero-order valence-corrected chi connectivity index (χ0v) is 26.1. The van der Waals surface area contributed by atoms with E-state index in [0.717, 1.165) is 61.9 Å². The second-order valence-electron chi connectivity index (χ2n) is 10.3. The summed E-state index contributed by atoms with van der Waals surface area (Å²) in [5.41, 5.74) is 12.6. The van der Waals surface area contributed by atoms with Gasteiger partial charge in [-0.1, -0.05) is 41.9 Å². The number of ether oxygens (including phenoxy) is 1. The van der Waals surface area contributed by atoms with Crippen molar-refractivity contribution in [2.24, 2.45) is 5.73 Å². The van der Waals surface area contributed by atoms with Crippen molar-refractivity contribution in [1.82, 2.24) is 19.8 Å². The zero-order valence-electron chi connectivity index (χ0n) is 24.5. The monoisotopic (exact) mass is 643 g/mol. The number of hydrogen-bond acceptors (Lipinski definition) is 7. The van der Waals surface area contributed by atoms with E-state index in [1.165, 1.54) is 12.6 Å². The highest BCUT2D eigenvalue weighted by Gasteiger charge is 2.16. The minimum atomic E-state index is -3.52. The lowest BCUT2D eigenvalue weighted by Gasteiger charge is -2.15. The van der Waals surface area contributed by atoms with Gasteiger partial charge in [-0.3, -0.25) is 25.0 Å². The van der Waals surface area contributed by atoms with E-state index in [-0.39, 0.29) is 0 Å². The Morgan fingerprint density at radius 3 is 2.09 bits per heavy atom. The maximum Gasteiger partial charge on any atom is 0.266 e. The molecule has 2 amide bonds. The summed E-state index contributed by atoms with van der Waals surface area (Å²) in [7, 11) is -2.25. The molecular weight excluding hydrogens is 614 g/mol. The standard InChI is InChI=1S/C18H16ClN3O3S.C15H14N2O2/c1-22(26(2,24)25)21-18(23)13-3-4-14-10-20-11-17(16(14)9-13)12-5-7-15(19)8-6-12;16-15(18)11-1-2-12-8-17-9-14(13(12)7-11)10-3-5-19-6-4-10/h3-11H,1-2H3,(H,21,23);1-3,7-9H,4-6H2,(H2,16,18). The molecule has 0 unspecified atom stereocenters. The van der Waals surface area contributed by atoms with Crippen LogP contribution in [0.1, 0.15) is 32.7 Å². The van der Waals surface area contributed by atoms with Gasteiger partial charge in [0.25, 0.3) is 5.91 Å². The molecule has 230 valence electrons. The number of carbonyl (C=O) groups excluding carboxylic acids is 2. The predicted octanol–water partition coefficient (Wildman–Crippen LogP) is 5.23. The molecule has 5 aromatic rings. The van der Waals surface area contributed by atoms with Gasteiger partial charge in [-0.15, -0.1) is 4.41 Å². The Labute approximate surface area is 265 Å². The van der Waals surface area contributed by atoms with Gasteiger partial charge in [0, 0.05) is 69.9 Å². The van der Waals surface area contributed by atoms with E-state index in [0.29, 0.717) is 22.8 Å². The van der Waals surface area contributed by atoms with Crippen molar-refractivity contribution in [3.05, 3.63) is 113 Å². The molecule has 1 aliphatic rings. The number of rotatable bonds is 6. The Morgan fingerprint density at radius 2 is 1.49 bits per heavy atom. The number of primary amides is 1. The molecule has 0 atom stereocenters. The Morgan fingerprint density at radius 1 is 0.889 bits per heavy atom. The summed E-state index contributed by atoms with van der Waals surface area (Å²) in [5, 5.41) is 4.35. The third kappa shape index (κ3) is 7.52. The number of pyridine rings is 2. The van der Waals surface area contributed by atoms with Gasteiger partial charge in [-0.2, -0.15) is 0 Å². The fourth-order valence-electron chi connectivity index (χ4n) is 4.80. The molecule has 0 bridgehead atoms. The van der Waals surface area contributed by atoms with Crippen LogP contribution in [0.3, 0.4) is 0 Å². The molecule has 0 fully saturated rings. The molecule has 3 N–H and O–H groups in total. The number of nitrogens with two attached hydrogens (primary N) is 1. The third-order valence-corrected chi connectivity index (χ3v) is 8.63. The molecule has 1 aliphatic heterocycles. The van der Waals surface area contributed by atoms with Crippen molar-refractivity contribution in [3.63, 3.8) is 0 Å². The van der Waals surface area contributed by atoms with Crippen LogP contribution in [0, 0.1) is 0 Å². The number of benzene rings is 3. The van der Waals surface area contributed by atoms with Gasteiger partial charge in [0.1, 0.15) is 0 Å². The van der Waals surface area contributed by atoms with Crippen LogP contribution < -0.4 is 11.2 Å². The van der Waals surface area contributed by atoms with Crippen LogP contribution in [-0.4, -0.2) is 61.1 Å². The molecule has 0 aliphatic carbocycles. The lowest BCUT2D eigenvalue weighted by molar-refractivity contribution is 0.0893. The van der Waals surface area contributed by atoms with Crippen molar-refractivity contribution in [2.45, 2.75) is 6.42 Å². The van der Waals surface area contributed by atoms with Gasteiger partial charge in [0.15, 0.2) is 0 Å². The Balaban J connectivity index is 0.000000186. The summed E-state index contributed by atoms with van der Waals surface area (Å²) in [6.45, 7) is 1.35. The predicted molar refractivity (Wildman–Crippen MR) is 176 cm³/mol. The summed E-state index contributed by atoms with van der Waals surface area (Å²) in [6.07, 6.45) is 11.0. The first-order valence-corrected chi connectivity index (χ1v) is 16.1. The SMILES string of the molecule is CN(NC(=O)c1ccc2cncc(-c3ccc(Cl)cc3)c2c1)S(C)(=O)=O.NC(=O)c1ccc2cncc(C3=CCOCC3)c2c1. The first-order chi connectivity index (χ1) is 21.5. The summed E-state index contributed by atoms with van der Waals surface area (Å²) in [6, 6.07) is 17.9. The molecule has 0 radical (unpaired) electrons. The van der Waals surface area contributed by atoms with E-state index in [4.69, 9.17) is 22.1 Å². The Hall–Kier alpha value is -4.68. The maximum absolute atomic E-state index is 12.4. The van der Waals surface area contributed by atoms with Crippen molar-refractivity contribution >= 4 is 60.6 Å². The van der Waals surface area contributed by atoms with Gasteiger partial charge in [-0.05, 0) is 64.7 Å². The van der Waals surface area contributed by atoms with Crippen molar-refractivity contribution in [2.75, 3.05) is 26.5 Å². The number of halogens is 1. The van der Waals surface area contributed by atoms with Crippen LogP contribution in [0.4, 0.5) is 0 Å². The highest BCUT2D eigenvalue weighted by molar-refractivity contribution is 7.88. The number of fused-ring (bicyclic) bond motifs is 2. The number of amides is 2. The van der Waals surface area contributed by atoms with Gasteiger partial charge in [0.05, 0.1) is 19.5 Å². The Bertz CT molecular complexity index is 2050. The number of aromatic nitrogens is 2. The molecule has 0 spiro atoms. The summed E-state index contributed by atoms with van der Waals surface area (Å²) < 4.78 is 29.0. The fraction of sp³-hybridized carbons (Fsp3) is 0.152. The van der Waals surface area contributed by atoms with Crippen LogP contribution in [0.5, 0.6) is 0 Å². The molecule has 6 rings (SSSR count). The molecule has 3 heterocycles. The average molecular weight is 644 g/mol. The van der Waals surface area contributed by atoms with Crippen LogP contribution in [0.15, 0.2) is 91.5 Å². The van der Waals surface area contributed by atoms with E-state index in [9.17, 15) is 18.0 Å². The van der Waals surface area contributed by atoms with E-state index in [1.54, 1.807) is 55.0 Å². The summed E-state index contributed by atoms with van der Waals surface area (Å²) in [4.78, 5) is 32.2. The van der Waals surface area contributed by atoms with Crippen molar-refractivity contribution in [3.8, 4) is 11.1 Å². The van der Waals surface area contributed by atoms with Gasteiger partial charge in [-0.25, -0.2) is 8.42 Å². The van der Waals surface area contributed by atoms with Crippen LogP contribution in [0.25, 0.3) is 38.2 Å². The first-order valence-electron chi connectivity index (χ1n) is 13.8. The average Bonchev–Trinajstić information content (AvgIpc) is 3.04. The van der Waals surface area contributed by atoms with E-state index in [2.05, 4.69) is 21.5 Å². The Kier molecular flexibility index (Phi) is 9.54. The molecule has 12 heteroatoms. The van der Waals surface area contributed by atoms with Gasteiger partial charge < -0.3 is 10.5 Å². The number of sulfonamides is 1. The van der Waals surface area contributed by atoms with Crippen LogP contribution in [0.2, 0.25) is 5.02 Å².